The molecule has 0 spiro atoms. The predicted molar refractivity (Wildman–Crippen MR) is 35.7 cm³/mol. The summed E-state index contributed by atoms with van der Waals surface area (Å²) in [5.74, 6) is 0. The number of hydrogen-bond donors (Lipinski definition) is 1. The van der Waals surface area contributed by atoms with Gasteiger partial charge in [0, 0.05) is 11.8 Å². The molecule has 1 aromatic heterocycles. The molecule has 7 heteroatoms. The van der Waals surface area contributed by atoms with Gasteiger partial charge in [-0.2, -0.15) is 13.2 Å². The average molecular weight is 198 g/mol. The van der Waals surface area contributed by atoms with E-state index in [9.17, 15) is 13.2 Å². The smallest absolute Gasteiger partial charge is 0.383 e. The summed E-state index contributed by atoms with van der Waals surface area (Å²) in [6.07, 6.45) is -7.45. The molecule has 1 N–H and O–H groups in total. The van der Waals surface area contributed by atoms with Gasteiger partial charge < -0.3 is 5.11 Å². The van der Waals surface area contributed by atoms with Gasteiger partial charge in [-0.05, 0) is 11.5 Å². The van der Waals surface area contributed by atoms with Gasteiger partial charge >= 0.3 is 6.18 Å². The van der Waals surface area contributed by atoms with E-state index in [1.165, 1.54) is 5.38 Å². The summed E-state index contributed by atoms with van der Waals surface area (Å²) in [6.45, 7) is 0. The van der Waals surface area contributed by atoms with Crippen LogP contribution in [0.4, 0.5) is 13.2 Å². The Morgan fingerprint density at radius 3 is 2.67 bits per heavy atom. The summed E-state index contributed by atoms with van der Waals surface area (Å²) < 4.78 is 38.6. The molecule has 0 aliphatic rings. The van der Waals surface area contributed by atoms with Crippen molar-refractivity contribution in [2.75, 3.05) is 0 Å². The van der Waals surface area contributed by atoms with E-state index < -0.39 is 18.7 Å². The predicted octanol–water partition coefficient (Wildman–Crippen LogP) is 1.00. The van der Waals surface area contributed by atoms with Crippen molar-refractivity contribution in [2.45, 2.75) is 18.7 Å². The Hall–Kier alpha value is -0.690. The van der Waals surface area contributed by atoms with Gasteiger partial charge in [-0.1, -0.05) is 4.49 Å². The van der Waals surface area contributed by atoms with Crippen LogP contribution < -0.4 is 0 Å². The number of rotatable bonds is 2. The minimum Gasteiger partial charge on any atom is -0.383 e. The molecule has 0 fully saturated rings. The molecule has 3 nitrogen and oxygen atoms in total. The van der Waals surface area contributed by atoms with Crippen LogP contribution >= 0.6 is 11.5 Å². The van der Waals surface area contributed by atoms with E-state index in [2.05, 4.69) is 9.59 Å². The minimum absolute atomic E-state index is 0.157. The number of halogens is 3. The summed E-state index contributed by atoms with van der Waals surface area (Å²) in [5.41, 5.74) is 0.157. The Balaban J connectivity index is 2.53. The van der Waals surface area contributed by atoms with Crippen LogP contribution in [-0.4, -0.2) is 27.0 Å². The molecule has 0 bridgehead atoms. The van der Waals surface area contributed by atoms with Crippen molar-refractivity contribution in [3.8, 4) is 0 Å². The first-order valence-electron chi connectivity index (χ1n) is 3.01. The van der Waals surface area contributed by atoms with Crippen LogP contribution in [0.1, 0.15) is 5.69 Å². The SMILES string of the molecule is OC(Cc1csnn1)C(F)(F)F. The maximum atomic E-state index is 11.7. The standard InChI is InChI=1S/C5H5F3N2OS/c6-5(7,8)4(11)1-3-2-12-10-9-3/h2,4,11H,1H2. The van der Waals surface area contributed by atoms with Crippen LogP contribution in [-0.2, 0) is 6.42 Å². The molecule has 1 atom stereocenters. The lowest BCUT2D eigenvalue weighted by atomic mass is 10.2. The second-order valence-electron chi connectivity index (χ2n) is 2.16. The van der Waals surface area contributed by atoms with Gasteiger partial charge in [0.15, 0.2) is 6.10 Å². The van der Waals surface area contributed by atoms with Crippen molar-refractivity contribution >= 4 is 11.5 Å². The molecular formula is C5H5F3N2OS. The van der Waals surface area contributed by atoms with E-state index in [0.29, 0.717) is 0 Å². The summed E-state index contributed by atoms with van der Waals surface area (Å²) in [7, 11) is 0. The van der Waals surface area contributed by atoms with E-state index in [0.717, 1.165) is 11.5 Å². The summed E-state index contributed by atoms with van der Waals surface area (Å²) in [4.78, 5) is 0. The van der Waals surface area contributed by atoms with Crippen LogP contribution in [0.25, 0.3) is 0 Å². The van der Waals surface area contributed by atoms with E-state index in [-0.39, 0.29) is 5.69 Å². The third-order valence-electron chi connectivity index (χ3n) is 1.19. The third-order valence-corrected chi connectivity index (χ3v) is 1.74. The van der Waals surface area contributed by atoms with Gasteiger partial charge in [-0.3, -0.25) is 0 Å². The monoisotopic (exact) mass is 198 g/mol. The Morgan fingerprint density at radius 2 is 2.25 bits per heavy atom. The Morgan fingerprint density at radius 1 is 1.58 bits per heavy atom. The summed E-state index contributed by atoms with van der Waals surface area (Å²) in [6, 6.07) is 0. The van der Waals surface area contributed by atoms with E-state index in [4.69, 9.17) is 5.11 Å². The molecule has 1 unspecified atom stereocenters. The normalized spacial score (nSPS) is 14.7. The lowest BCUT2D eigenvalue weighted by Crippen LogP contribution is -2.30. The van der Waals surface area contributed by atoms with Crippen LogP contribution in [0.2, 0.25) is 0 Å². The first-order valence-corrected chi connectivity index (χ1v) is 3.84. The first kappa shape index (κ1) is 9.40. The van der Waals surface area contributed by atoms with Crippen molar-refractivity contribution in [1.82, 2.24) is 9.59 Å². The molecule has 12 heavy (non-hydrogen) atoms. The van der Waals surface area contributed by atoms with Crippen molar-refractivity contribution in [3.05, 3.63) is 11.1 Å². The maximum absolute atomic E-state index is 11.7. The second-order valence-corrected chi connectivity index (χ2v) is 2.77. The zero-order chi connectivity index (χ0) is 9.19. The molecule has 0 aliphatic carbocycles. The van der Waals surface area contributed by atoms with Crippen LogP contribution in [0.5, 0.6) is 0 Å². The lowest BCUT2D eigenvalue weighted by molar-refractivity contribution is -0.203. The lowest BCUT2D eigenvalue weighted by Gasteiger charge is -2.11. The van der Waals surface area contributed by atoms with Crippen LogP contribution in [0.3, 0.4) is 0 Å². The molecular weight excluding hydrogens is 193 g/mol. The van der Waals surface area contributed by atoms with Crippen molar-refractivity contribution in [3.63, 3.8) is 0 Å². The number of nitrogens with zero attached hydrogens (tertiary/aromatic N) is 2. The zero-order valence-corrected chi connectivity index (χ0v) is 6.56. The maximum Gasteiger partial charge on any atom is 0.414 e. The largest absolute Gasteiger partial charge is 0.414 e. The van der Waals surface area contributed by atoms with E-state index in [1.807, 2.05) is 0 Å². The molecule has 1 aromatic rings. The van der Waals surface area contributed by atoms with Gasteiger partial charge in [-0.25, -0.2) is 0 Å². The van der Waals surface area contributed by atoms with Crippen molar-refractivity contribution < 1.29 is 18.3 Å². The molecule has 1 rings (SSSR count). The van der Waals surface area contributed by atoms with Gasteiger partial charge in [0.1, 0.15) is 0 Å². The van der Waals surface area contributed by atoms with Gasteiger partial charge in [0.2, 0.25) is 0 Å². The van der Waals surface area contributed by atoms with Gasteiger partial charge in [0.25, 0.3) is 0 Å². The van der Waals surface area contributed by atoms with Crippen molar-refractivity contribution in [1.29, 1.82) is 0 Å². The number of aromatic nitrogens is 2. The fourth-order valence-corrected chi connectivity index (χ4v) is 1.05. The number of hydrogen-bond acceptors (Lipinski definition) is 4. The molecule has 0 radical (unpaired) electrons. The quantitative estimate of drug-likeness (QED) is 0.771. The molecule has 0 saturated carbocycles. The van der Waals surface area contributed by atoms with Gasteiger partial charge in [-0.15, -0.1) is 5.10 Å². The van der Waals surface area contributed by atoms with Crippen LogP contribution in [0, 0.1) is 0 Å². The minimum atomic E-state index is -4.58. The number of aliphatic hydroxyl groups excluding tert-OH is 1. The zero-order valence-electron chi connectivity index (χ0n) is 5.75. The topological polar surface area (TPSA) is 46.0 Å². The van der Waals surface area contributed by atoms with Crippen molar-refractivity contribution in [2.24, 2.45) is 0 Å². The average Bonchev–Trinajstić information content (AvgIpc) is 2.37. The highest BCUT2D eigenvalue weighted by Crippen LogP contribution is 2.22. The molecule has 0 aromatic carbocycles. The van der Waals surface area contributed by atoms with Crippen LogP contribution in [0.15, 0.2) is 5.38 Å². The summed E-state index contributed by atoms with van der Waals surface area (Å²) >= 11 is 0.953. The van der Waals surface area contributed by atoms with Gasteiger partial charge in [0.05, 0.1) is 5.69 Å². The molecule has 0 amide bonds. The highest BCUT2D eigenvalue weighted by molar-refractivity contribution is 7.03. The second kappa shape index (κ2) is 3.36. The molecule has 0 aliphatic heterocycles. The molecule has 68 valence electrons. The molecule has 0 saturated heterocycles. The highest BCUT2D eigenvalue weighted by Gasteiger charge is 2.38. The third kappa shape index (κ3) is 2.42. The fraction of sp³-hybridized carbons (Fsp3) is 0.600. The Labute approximate surface area is 70.0 Å². The first-order chi connectivity index (χ1) is 5.50. The molecule has 1 heterocycles. The summed E-state index contributed by atoms with van der Waals surface area (Å²) in [5, 5.41) is 13.3. The fourth-order valence-electron chi connectivity index (χ4n) is 0.587. The van der Waals surface area contributed by atoms with E-state index >= 15 is 0 Å². The number of aliphatic hydroxyl groups is 1. The Kier molecular flexibility index (Phi) is 2.63. The van der Waals surface area contributed by atoms with E-state index in [1.54, 1.807) is 0 Å². The Bertz CT molecular complexity index is 235. The number of alkyl halides is 3. The highest BCUT2D eigenvalue weighted by atomic mass is 32.1.